The van der Waals surface area contributed by atoms with Crippen LogP contribution in [0.25, 0.3) is 0 Å². The van der Waals surface area contributed by atoms with Crippen LogP contribution in [0.2, 0.25) is 0 Å². The van der Waals surface area contributed by atoms with Gasteiger partial charge >= 0.3 is 0 Å². The Bertz CT molecular complexity index is 193. The van der Waals surface area contributed by atoms with E-state index in [4.69, 9.17) is 0 Å². The number of nitrogens with zero attached hydrogens (tertiary/aromatic N) is 2. The van der Waals surface area contributed by atoms with Crippen LogP contribution in [0, 0.1) is 0 Å². The van der Waals surface area contributed by atoms with Crippen LogP contribution in [-0.2, 0) is 0 Å². The van der Waals surface area contributed by atoms with Crippen LogP contribution in [0.1, 0.15) is 13.3 Å². The van der Waals surface area contributed by atoms with Crippen LogP contribution < -0.4 is 5.32 Å². The Morgan fingerprint density at radius 2 is 2.06 bits per heavy atom. The van der Waals surface area contributed by atoms with Crippen molar-refractivity contribution in [3.05, 3.63) is 0 Å². The molecule has 2 bridgehead atoms. The van der Waals surface area contributed by atoms with Gasteiger partial charge < -0.3 is 5.32 Å². The van der Waals surface area contributed by atoms with Crippen LogP contribution >= 0.6 is 11.8 Å². The van der Waals surface area contributed by atoms with Gasteiger partial charge in [-0.15, -0.1) is 0 Å². The SMILES string of the molecule is CCSCCCNCC1CN2CCN1CC2. The lowest BCUT2D eigenvalue weighted by Gasteiger charge is -2.47. The lowest BCUT2D eigenvalue weighted by Crippen LogP contribution is -2.63. The van der Waals surface area contributed by atoms with Crippen LogP contribution in [0.3, 0.4) is 0 Å². The van der Waals surface area contributed by atoms with Crippen molar-refractivity contribution in [2.75, 3.05) is 57.3 Å². The number of hydrogen-bond donors (Lipinski definition) is 1. The summed E-state index contributed by atoms with van der Waals surface area (Å²) in [6.45, 7) is 11.1. The van der Waals surface area contributed by atoms with Crippen molar-refractivity contribution in [1.82, 2.24) is 15.1 Å². The highest BCUT2D eigenvalue weighted by Crippen LogP contribution is 2.14. The molecule has 3 heterocycles. The van der Waals surface area contributed by atoms with Gasteiger partial charge in [0.1, 0.15) is 0 Å². The maximum atomic E-state index is 3.62. The van der Waals surface area contributed by atoms with Crippen molar-refractivity contribution in [2.45, 2.75) is 19.4 Å². The van der Waals surface area contributed by atoms with Crippen molar-refractivity contribution >= 4 is 11.8 Å². The third-order valence-electron chi connectivity index (χ3n) is 3.62. The van der Waals surface area contributed by atoms with Gasteiger partial charge in [-0.1, -0.05) is 6.92 Å². The van der Waals surface area contributed by atoms with E-state index in [1.54, 1.807) is 0 Å². The quantitative estimate of drug-likeness (QED) is 0.664. The molecule has 3 fully saturated rings. The van der Waals surface area contributed by atoms with E-state index >= 15 is 0 Å². The van der Waals surface area contributed by atoms with E-state index in [2.05, 4.69) is 22.0 Å². The molecular weight excluding hydrogens is 218 g/mol. The molecule has 0 aliphatic carbocycles. The zero-order chi connectivity index (χ0) is 11.2. The first-order chi connectivity index (χ1) is 7.90. The maximum Gasteiger partial charge on any atom is 0.0349 e. The summed E-state index contributed by atoms with van der Waals surface area (Å²) in [6, 6.07) is 0.779. The molecule has 1 N–H and O–H groups in total. The number of thioether (sulfide) groups is 1. The van der Waals surface area contributed by atoms with Gasteiger partial charge in [-0.2, -0.15) is 11.8 Å². The Labute approximate surface area is 104 Å². The fourth-order valence-electron chi connectivity index (χ4n) is 2.63. The number of fused-ring (bicyclic) bond motifs is 3. The summed E-state index contributed by atoms with van der Waals surface area (Å²) in [4.78, 5) is 5.27. The molecule has 3 rings (SSSR count). The zero-order valence-electron chi connectivity index (χ0n) is 10.5. The highest BCUT2D eigenvalue weighted by molar-refractivity contribution is 7.99. The second-order valence-corrected chi connectivity index (χ2v) is 6.14. The van der Waals surface area contributed by atoms with Crippen molar-refractivity contribution in [1.29, 1.82) is 0 Å². The summed E-state index contributed by atoms with van der Waals surface area (Å²) in [5, 5.41) is 3.62. The standard InChI is InChI=1S/C12H25N3S/c1-2-16-9-3-4-13-10-12-11-14-5-7-15(12)8-6-14/h12-13H,2-11H2,1H3. The molecular formula is C12H25N3S. The van der Waals surface area contributed by atoms with Gasteiger partial charge in [-0.25, -0.2) is 0 Å². The zero-order valence-corrected chi connectivity index (χ0v) is 11.3. The molecule has 3 aliphatic rings. The highest BCUT2D eigenvalue weighted by atomic mass is 32.2. The minimum Gasteiger partial charge on any atom is -0.315 e. The smallest absolute Gasteiger partial charge is 0.0349 e. The molecule has 0 radical (unpaired) electrons. The summed E-state index contributed by atoms with van der Waals surface area (Å²) in [7, 11) is 0. The summed E-state index contributed by atoms with van der Waals surface area (Å²) in [5.74, 6) is 2.56. The molecule has 0 saturated carbocycles. The molecule has 1 atom stereocenters. The average Bonchev–Trinajstić information content (AvgIpc) is 2.35. The van der Waals surface area contributed by atoms with E-state index < -0.39 is 0 Å². The molecule has 0 spiro atoms. The first kappa shape index (κ1) is 12.7. The molecule has 0 aromatic rings. The highest BCUT2D eigenvalue weighted by Gasteiger charge is 2.30. The topological polar surface area (TPSA) is 18.5 Å². The number of nitrogens with one attached hydrogen (secondary N) is 1. The number of rotatable bonds is 7. The molecule has 3 nitrogen and oxygen atoms in total. The van der Waals surface area contributed by atoms with E-state index in [-0.39, 0.29) is 0 Å². The van der Waals surface area contributed by atoms with Gasteiger partial charge in [0.15, 0.2) is 0 Å². The molecule has 4 heteroatoms. The third kappa shape index (κ3) is 3.62. The summed E-state index contributed by atoms with van der Waals surface area (Å²) in [6.07, 6.45) is 1.31. The minimum absolute atomic E-state index is 0.779. The van der Waals surface area contributed by atoms with Crippen molar-refractivity contribution in [2.24, 2.45) is 0 Å². The predicted octanol–water partition coefficient (Wildman–Crippen LogP) is 0.719. The predicted molar refractivity (Wildman–Crippen MR) is 72.3 cm³/mol. The molecule has 3 saturated heterocycles. The molecule has 0 amide bonds. The normalized spacial score (nSPS) is 33.2. The Balaban J connectivity index is 1.53. The number of hydrogen-bond acceptors (Lipinski definition) is 4. The third-order valence-corrected chi connectivity index (χ3v) is 4.60. The van der Waals surface area contributed by atoms with Gasteiger partial charge in [-0.3, -0.25) is 9.80 Å². The molecule has 0 aromatic heterocycles. The summed E-state index contributed by atoms with van der Waals surface area (Å²) >= 11 is 2.05. The van der Waals surface area contributed by atoms with E-state index in [0.29, 0.717) is 0 Å². The summed E-state index contributed by atoms with van der Waals surface area (Å²) in [5.41, 5.74) is 0. The summed E-state index contributed by atoms with van der Waals surface area (Å²) < 4.78 is 0. The van der Waals surface area contributed by atoms with Crippen LogP contribution in [0.15, 0.2) is 0 Å². The van der Waals surface area contributed by atoms with Gasteiger partial charge in [-0.05, 0) is 24.5 Å². The Kier molecular flexibility index (Phi) is 5.42. The number of piperazine rings is 3. The Morgan fingerprint density at radius 1 is 1.25 bits per heavy atom. The molecule has 1 unspecified atom stereocenters. The largest absolute Gasteiger partial charge is 0.315 e. The second kappa shape index (κ2) is 6.84. The van der Waals surface area contributed by atoms with E-state index in [1.165, 1.54) is 63.7 Å². The van der Waals surface area contributed by atoms with Gasteiger partial charge in [0, 0.05) is 45.3 Å². The Morgan fingerprint density at radius 3 is 2.69 bits per heavy atom. The lowest BCUT2D eigenvalue weighted by atomic mass is 10.1. The fraction of sp³-hybridized carbons (Fsp3) is 1.00. The van der Waals surface area contributed by atoms with Crippen molar-refractivity contribution in [3.63, 3.8) is 0 Å². The first-order valence-corrected chi connectivity index (χ1v) is 7.80. The lowest BCUT2D eigenvalue weighted by molar-refractivity contribution is 0.0138. The first-order valence-electron chi connectivity index (χ1n) is 6.65. The van der Waals surface area contributed by atoms with Crippen LogP contribution in [-0.4, -0.2) is 73.2 Å². The monoisotopic (exact) mass is 243 g/mol. The molecule has 16 heavy (non-hydrogen) atoms. The second-order valence-electron chi connectivity index (χ2n) is 4.75. The maximum absolute atomic E-state index is 3.62. The van der Waals surface area contributed by atoms with Crippen molar-refractivity contribution in [3.8, 4) is 0 Å². The fourth-order valence-corrected chi connectivity index (χ4v) is 3.27. The van der Waals surface area contributed by atoms with Gasteiger partial charge in [0.25, 0.3) is 0 Å². The van der Waals surface area contributed by atoms with Crippen LogP contribution in [0.5, 0.6) is 0 Å². The van der Waals surface area contributed by atoms with Crippen molar-refractivity contribution < 1.29 is 0 Å². The van der Waals surface area contributed by atoms with Gasteiger partial charge in [0.2, 0.25) is 0 Å². The van der Waals surface area contributed by atoms with Crippen LogP contribution in [0.4, 0.5) is 0 Å². The minimum atomic E-state index is 0.779. The molecule has 94 valence electrons. The molecule has 3 aliphatic heterocycles. The average molecular weight is 243 g/mol. The van der Waals surface area contributed by atoms with E-state index in [0.717, 1.165) is 6.04 Å². The van der Waals surface area contributed by atoms with Gasteiger partial charge in [0.05, 0.1) is 0 Å². The molecule has 0 aromatic carbocycles. The Hall–Kier alpha value is 0.230. The van der Waals surface area contributed by atoms with E-state index in [1.807, 2.05) is 11.8 Å². The van der Waals surface area contributed by atoms with E-state index in [9.17, 15) is 0 Å².